The molecule has 0 fully saturated rings. The molecule has 0 bridgehead atoms. The van der Waals surface area contributed by atoms with Crippen molar-refractivity contribution in [3.8, 4) is 5.75 Å². The Bertz CT molecular complexity index is 680. The molecule has 0 radical (unpaired) electrons. The first kappa shape index (κ1) is 13.6. The summed E-state index contributed by atoms with van der Waals surface area (Å²) in [5.74, 6) is -0.470. The van der Waals surface area contributed by atoms with Crippen LogP contribution in [0.5, 0.6) is 5.75 Å². The molecule has 1 aliphatic rings. The van der Waals surface area contributed by atoms with Gasteiger partial charge in [0.25, 0.3) is 0 Å². The van der Waals surface area contributed by atoms with Crippen molar-refractivity contribution in [1.29, 1.82) is 0 Å². The van der Waals surface area contributed by atoms with Crippen LogP contribution in [0.1, 0.15) is 11.7 Å². The first-order valence-electron chi connectivity index (χ1n) is 5.89. The second-order valence-electron chi connectivity index (χ2n) is 4.42. The molecule has 20 heavy (non-hydrogen) atoms. The molecule has 1 heterocycles. The first-order valence-corrected chi connectivity index (χ1v) is 7.06. The maximum absolute atomic E-state index is 13.9. The minimum absolute atomic E-state index is 0.160. The van der Waals surface area contributed by atoms with E-state index in [1.165, 1.54) is 18.2 Å². The van der Waals surface area contributed by atoms with E-state index in [1.54, 1.807) is 12.1 Å². The van der Waals surface area contributed by atoms with Gasteiger partial charge in [-0.1, -0.05) is 27.5 Å². The van der Waals surface area contributed by atoms with Crippen LogP contribution in [0.2, 0.25) is 5.02 Å². The molecule has 0 saturated carbocycles. The number of halogens is 4. The summed E-state index contributed by atoms with van der Waals surface area (Å²) in [5.41, 5.74) is 0.888. The van der Waals surface area contributed by atoms with Gasteiger partial charge in [0.15, 0.2) is 5.75 Å². The number of hydrogen-bond acceptors (Lipinski definition) is 2. The maximum Gasteiger partial charge on any atom is 0.162 e. The Hall–Kier alpha value is -1.33. The smallest absolute Gasteiger partial charge is 0.162 e. The van der Waals surface area contributed by atoms with E-state index in [4.69, 9.17) is 16.3 Å². The predicted molar refractivity (Wildman–Crippen MR) is 77.4 cm³/mol. The van der Waals surface area contributed by atoms with Gasteiger partial charge in [-0.05, 0) is 24.3 Å². The molecule has 2 aromatic rings. The van der Waals surface area contributed by atoms with E-state index in [0.717, 1.165) is 4.47 Å². The lowest BCUT2D eigenvalue weighted by atomic mass is 10.1. The van der Waals surface area contributed by atoms with Gasteiger partial charge in [-0.3, -0.25) is 0 Å². The van der Waals surface area contributed by atoms with E-state index in [9.17, 15) is 8.78 Å². The molecular weight excluding hydrogens is 352 g/mol. The van der Waals surface area contributed by atoms with Gasteiger partial charge < -0.3 is 10.1 Å². The van der Waals surface area contributed by atoms with Gasteiger partial charge in [-0.25, -0.2) is 8.78 Å². The van der Waals surface area contributed by atoms with E-state index >= 15 is 0 Å². The second kappa shape index (κ2) is 5.22. The fourth-order valence-corrected chi connectivity index (χ4v) is 2.76. The number of anilines is 1. The molecular formula is C14H9BrClF2NO. The predicted octanol–water partition coefficient (Wildman–Crippen LogP) is 4.93. The monoisotopic (exact) mass is 359 g/mol. The Kier molecular flexibility index (Phi) is 3.56. The Morgan fingerprint density at radius 2 is 2.05 bits per heavy atom. The van der Waals surface area contributed by atoms with Gasteiger partial charge >= 0.3 is 0 Å². The third-order valence-corrected chi connectivity index (χ3v) is 3.83. The highest BCUT2D eigenvalue weighted by Gasteiger charge is 2.26. The molecule has 1 aliphatic heterocycles. The standard InChI is InChI=1S/C14H9BrClF2NO/c15-7-1-2-11(18)9(3-7)13-6-19-12-5-8(17)4-10(16)14(12)20-13/h1-5,13,19H,6H2. The number of hydrogen-bond donors (Lipinski definition) is 1. The van der Waals surface area contributed by atoms with Crippen LogP contribution in [-0.4, -0.2) is 6.54 Å². The van der Waals surface area contributed by atoms with Gasteiger partial charge in [-0.15, -0.1) is 0 Å². The molecule has 2 aromatic carbocycles. The van der Waals surface area contributed by atoms with Crippen molar-refractivity contribution in [2.45, 2.75) is 6.10 Å². The topological polar surface area (TPSA) is 21.3 Å². The Balaban J connectivity index is 1.98. The lowest BCUT2D eigenvalue weighted by Crippen LogP contribution is -2.24. The molecule has 2 nitrogen and oxygen atoms in total. The summed E-state index contributed by atoms with van der Waals surface area (Å²) in [6.07, 6.45) is -0.525. The Morgan fingerprint density at radius 1 is 1.25 bits per heavy atom. The largest absolute Gasteiger partial charge is 0.480 e. The van der Waals surface area contributed by atoms with Crippen LogP contribution >= 0.6 is 27.5 Å². The summed E-state index contributed by atoms with van der Waals surface area (Å²) in [7, 11) is 0. The van der Waals surface area contributed by atoms with Crippen LogP contribution in [0.4, 0.5) is 14.5 Å². The SMILES string of the molecule is Fc1cc(Cl)c2c(c1)NCC(c1cc(Br)ccc1F)O2. The third kappa shape index (κ3) is 2.47. The molecule has 0 aliphatic carbocycles. The molecule has 0 spiro atoms. The zero-order chi connectivity index (χ0) is 14.3. The molecule has 6 heteroatoms. The summed E-state index contributed by atoms with van der Waals surface area (Å²) in [6.45, 7) is 0.333. The lowest BCUT2D eigenvalue weighted by Gasteiger charge is -2.28. The van der Waals surface area contributed by atoms with Gasteiger partial charge in [0.05, 0.1) is 17.3 Å². The summed E-state index contributed by atoms with van der Waals surface area (Å²) >= 11 is 9.26. The number of benzene rings is 2. The minimum atomic E-state index is -0.525. The number of fused-ring (bicyclic) bond motifs is 1. The van der Waals surface area contributed by atoms with Crippen molar-refractivity contribution in [2.75, 3.05) is 11.9 Å². The number of nitrogens with one attached hydrogen (secondary N) is 1. The number of ether oxygens (including phenoxy) is 1. The van der Waals surface area contributed by atoms with Gasteiger partial charge in [-0.2, -0.15) is 0 Å². The molecule has 0 saturated heterocycles. The highest BCUT2D eigenvalue weighted by molar-refractivity contribution is 9.10. The average Bonchev–Trinajstić information content (AvgIpc) is 2.41. The zero-order valence-corrected chi connectivity index (χ0v) is 12.4. The molecule has 3 rings (SSSR count). The van der Waals surface area contributed by atoms with Crippen LogP contribution < -0.4 is 10.1 Å². The van der Waals surface area contributed by atoms with Gasteiger partial charge in [0.2, 0.25) is 0 Å². The third-order valence-electron chi connectivity index (χ3n) is 3.05. The van der Waals surface area contributed by atoms with Crippen molar-refractivity contribution < 1.29 is 13.5 Å². The van der Waals surface area contributed by atoms with Crippen molar-refractivity contribution in [1.82, 2.24) is 0 Å². The van der Waals surface area contributed by atoms with E-state index in [1.807, 2.05) is 0 Å². The van der Waals surface area contributed by atoms with Gasteiger partial charge in [0, 0.05) is 16.1 Å². The average molecular weight is 361 g/mol. The van der Waals surface area contributed by atoms with Crippen LogP contribution in [0, 0.1) is 11.6 Å². The summed E-state index contributed by atoms with van der Waals surface area (Å²) in [4.78, 5) is 0. The van der Waals surface area contributed by atoms with Crippen molar-refractivity contribution in [3.05, 3.63) is 57.0 Å². The van der Waals surface area contributed by atoms with E-state index in [0.29, 0.717) is 23.5 Å². The van der Waals surface area contributed by atoms with Crippen LogP contribution in [0.25, 0.3) is 0 Å². The van der Waals surface area contributed by atoms with Crippen molar-refractivity contribution in [2.24, 2.45) is 0 Å². The van der Waals surface area contributed by atoms with Gasteiger partial charge in [0.1, 0.15) is 17.7 Å². The van der Waals surface area contributed by atoms with Crippen molar-refractivity contribution >= 4 is 33.2 Å². The minimum Gasteiger partial charge on any atom is -0.480 e. The molecule has 1 unspecified atom stereocenters. The van der Waals surface area contributed by atoms with E-state index in [-0.39, 0.29) is 10.8 Å². The van der Waals surface area contributed by atoms with E-state index < -0.39 is 11.9 Å². The van der Waals surface area contributed by atoms with Crippen molar-refractivity contribution in [3.63, 3.8) is 0 Å². The highest BCUT2D eigenvalue weighted by Crippen LogP contribution is 2.41. The maximum atomic E-state index is 13.9. The number of rotatable bonds is 1. The summed E-state index contributed by atoms with van der Waals surface area (Å²) < 4.78 is 33.6. The highest BCUT2D eigenvalue weighted by atomic mass is 79.9. The molecule has 104 valence electrons. The fraction of sp³-hybridized carbons (Fsp3) is 0.143. The molecule has 1 atom stereocenters. The fourth-order valence-electron chi connectivity index (χ4n) is 2.13. The Morgan fingerprint density at radius 3 is 2.85 bits per heavy atom. The second-order valence-corrected chi connectivity index (χ2v) is 5.74. The lowest BCUT2D eigenvalue weighted by molar-refractivity contribution is 0.205. The van der Waals surface area contributed by atoms with Crippen LogP contribution in [-0.2, 0) is 0 Å². The Labute approximate surface area is 127 Å². The van der Waals surface area contributed by atoms with Crippen LogP contribution in [0.15, 0.2) is 34.8 Å². The quantitative estimate of drug-likeness (QED) is 0.779. The van der Waals surface area contributed by atoms with Crippen LogP contribution in [0.3, 0.4) is 0 Å². The molecule has 1 N–H and O–H groups in total. The summed E-state index contributed by atoms with van der Waals surface area (Å²) in [5, 5.41) is 3.17. The summed E-state index contributed by atoms with van der Waals surface area (Å²) in [6, 6.07) is 7.11. The first-order chi connectivity index (χ1) is 9.54. The molecule has 0 amide bonds. The zero-order valence-electron chi connectivity index (χ0n) is 10.1. The normalized spacial score (nSPS) is 17.1. The molecule has 0 aromatic heterocycles. The van der Waals surface area contributed by atoms with E-state index in [2.05, 4.69) is 21.2 Å².